The summed E-state index contributed by atoms with van der Waals surface area (Å²) in [5.74, 6) is -1.75. The molecule has 0 saturated heterocycles. The average molecular weight is 277 g/mol. The number of carboxylic acids is 1. The van der Waals surface area contributed by atoms with Crippen molar-refractivity contribution in [2.24, 2.45) is 11.3 Å². The van der Waals surface area contributed by atoms with Crippen LogP contribution in [0.5, 0.6) is 0 Å². The van der Waals surface area contributed by atoms with Crippen LogP contribution in [0.1, 0.15) is 40.0 Å². The summed E-state index contributed by atoms with van der Waals surface area (Å²) >= 11 is 0. The third kappa shape index (κ3) is 3.45. The first-order valence-corrected chi connectivity index (χ1v) is 7.74. The summed E-state index contributed by atoms with van der Waals surface area (Å²) in [6.45, 7) is 6.28. The Hall–Kier alpha value is -0.620. The summed E-state index contributed by atoms with van der Waals surface area (Å²) in [6.07, 6.45) is 1.58. The topological polar surface area (TPSA) is 74.7 Å². The monoisotopic (exact) mass is 277 g/mol. The maximum absolute atomic E-state index is 12.4. The number of aliphatic carboxylic acids is 1. The molecule has 0 aromatic rings. The molecule has 18 heavy (non-hydrogen) atoms. The molecular formula is C12H23NO4S. The molecule has 1 aliphatic rings. The van der Waals surface area contributed by atoms with E-state index in [1.807, 2.05) is 20.8 Å². The van der Waals surface area contributed by atoms with E-state index in [1.165, 1.54) is 11.4 Å². The lowest BCUT2D eigenvalue weighted by atomic mass is 9.97. The Balaban J connectivity index is 2.89. The number of nitrogens with zero attached hydrogens (tertiary/aromatic N) is 1. The average Bonchev–Trinajstić information content (AvgIpc) is 2.63. The third-order valence-corrected chi connectivity index (χ3v) is 5.61. The lowest BCUT2D eigenvalue weighted by Gasteiger charge is -2.29. The smallest absolute Gasteiger partial charge is 0.307 e. The van der Waals surface area contributed by atoms with Gasteiger partial charge in [0.25, 0.3) is 0 Å². The van der Waals surface area contributed by atoms with E-state index in [9.17, 15) is 13.2 Å². The van der Waals surface area contributed by atoms with E-state index in [0.717, 1.165) is 0 Å². The molecule has 5 nitrogen and oxygen atoms in total. The quantitative estimate of drug-likeness (QED) is 0.846. The first kappa shape index (κ1) is 15.4. The van der Waals surface area contributed by atoms with Crippen molar-refractivity contribution in [3.8, 4) is 0 Å². The summed E-state index contributed by atoms with van der Waals surface area (Å²) in [7, 11) is -1.97. The van der Waals surface area contributed by atoms with Gasteiger partial charge in [0, 0.05) is 13.6 Å². The Kier molecular flexibility index (Phi) is 4.43. The molecular weight excluding hydrogens is 254 g/mol. The van der Waals surface area contributed by atoms with Gasteiger partial charge < -0.3 is 5.11 Å². The summed E-state index contributed by atoms with van der Waals surface area (Å²) in [5.41, 5.74) is -0.140. The second kappa shape index (κ2) is 5.17. The van der Waals surface area contributed by atoms with Crippen molar-refractivity contribution in [1.29, 1.82) is 0 Å². The number of sulfonamides is 1. The second-order valence-electron chi connectivity index (χ2n) is 6.28. The van der Waals surface area contributed by atoms with Crippen LogP contribution in [0.15, 0.2) is 0 Å². The molecule has 1 rings (SSSR count). The van der Waals surface area contributed by atoms with E-state index in [2.05, 4.69) is 0 Å². The van der Waals surface area contributed by atoms with Gasteiger partial charge in [0.05, 0.1) is 11.2 Å². The summed E-state index contributed by atoms with van der Waals surface area (Å²) in [4.78, 5) is 11.1. The SMILES string of the molecule is CN(CC(C)(C)C)S(=O)(=O)C1CCCC1C(=O)O. The van der Waals surface area contributed by atoms with Crippen molar-refractivity contribution in [2.45, 2.75) is 45.3 Å². The van der Waals surface area contributed by atoms with E-state index in [0.29, 0.717) is 25.8 Å². The summed E-state index contributed by atoms with van der Waals surface area (Å²) in [5, 5.41) is 8.32. The van der Waals surface area contributed by atoms with Gasteiger partial charge in [-0.1, -0.05) is 27.2 Å². The molecule has 0 aromatic heterocycles. The number of carboxylic acid groups (broad SMARTS) is 1. The van der Waals surface area contributed by atoms with Crippen LogP contribution in [0.25, 0.3) is 0 Å². The molecule has 2 unspecified atom stereocenters. The Bertz CT molecular complexity index is 410. The van der Waals surface area contributed by atoms with Crippen LogP contribution in [0.2, 0.25) is 0 Å². The highest BCUT2D eigenvalue weighted by Crippen LogP contribution is 2.33. The molecule has 0 amide bonds. The van der Waals surface area contributed by atoms with Crippen LogP contribution in [-0.4, -0.2) is 42.6 Å². The van der Waals surface area contributed by atoms with E-state index in [-0.39, 0.29) is 5.41 Å². The minimum Gasteiger partial charge on any atom is -0.481 e. The van der Waals surface area contributed by atoms with Gasteiger partial charge in [0.2, 0.25) is 10.0 Å². The van der Waals surface area contributed by atoms with Gasteiger partial charge in [-0.15, -0.1) is 0 Å². The molecule has 106 valence electrons. The van der Waals surface area contributed by atoms with E-state index in [1.54, 1.807) is 0 Å². The molecule has 1 fully saturated rings. The van der Waals surface area contributed by atoms with Gasteiger partial charge in [-0.05, 0) is 18.3 Å². The predicted octanol–water partition coefficient (Wildman–Crippen LogP) is 1.55. The number of hydrogen-bond acceptors (Lipinski definition) is 3. The lowest BCUT2D eigenvalue weighted by molar-refractivity contribution is -0.141. The molecule has 2 atom stereocenters. The summed E-state index contributed by atoms with van der Waals surface area (Å²) < 4.78 is 26.1. The number of rotatable bonds is 4. The summed E-state index contributed by atoms with van der Waals surface area (Å²) in [6, 6.07) is 0. The third-order valence-electron chi connectivity index (χ3n) is 3.28. The number of carbonyl (C=O) groups is 1. The van der Waals surface area contributed by atoms with Gasteiger partial charge in [0.1, 0.15) is 0 Å². The van der Waals surface area contributed by atoms with E-state index >= 15 is 0 Å². The minimum absolute atomic E-state index is 0.140. The Morgan fingerprint density at radius 2 is 1.89 bits per heavy atom. The van der Waals surface area contributed by atoms with Gasteiger partial charge in [-0.3, -0.25) is 4.79 Å². The highest BCUT2D eigenvalue weighted by molar-refractivity contribution is 7.89. The van der Waals surface area contributed by atoms with Crippen molar-refractivity contribution in [2.75, 3.05) is 13.6 Å². The minimum atomic E-state index is -3.51. The number of hydrogen-bond donors (Lipinski definition) is 1. The maximum Gasteiger partial charge on any atom is 0.307 e. The Morgan fingerprint density at radius 3 is 2.33 bits per heavy atom. The van der Waals surface area contributed by atoms with Gasteiger partial charge in [0.15, 0.2) is 0 Å². The molecule has 0 aromatic carbocycles. The zero-order valence-electron chi connectivity index (χ0n) is 11.5. The van der Waals surface area contributed by atoms with Crippen LogP contribution in [-0.2, 0) is 14.8 Å². The molecule has 1 saturated carbocycles. The van der Waals surface area contributed by atoms with Crippen LogP contribution < -0.4 is 0 Å². The lowest BCUT2D eigenvalue weighted by Crippen LogP contribution is -2.43. The molecule has 0 bridgehead atoms. The molecule has 6 heteroatoms. The highest BCUT2D eigenvalue weighted by atomic mass is 32.2. The Morgan fingerprint density at radius 1 is 1.33 bits per heavy atom. The maximum atomic E-state index is 12.4. The zero-order chi connectivity index (χ0) is 14.1. The van der Waals surface area contributed by atoms with Crippen molar-refractivity contribution >= 4 is 16.0 Å². The van der Waals surface area contributed by atoms with Crippen LogP contribution in [0, 0.1) is 11.3 Å². The molecule has 0 heterocycles. The van der Waals surface area contributed by atoms with Crippen molar-refractivity contribution in [1.82, 2.24) is 4.31 Å². The fraction of sp³-hybridized carbons (Fsp3) is 0.917. The second-order valence-corrected chi connectivity index (χ2v) is 8.53. The predicted molar refractivity (Wildman–Crippen MR) is 69.8 cm³/mol. The zero-order valence-corrected chi connectivity index (χ0v) is 12.3. The Labute approximate surface area is 109 Å². The van der Waals surface area contributed by atoms with Gasteiger partial charge >= 0.3 is 5.97 Å². The molecule has 0 aliphatic heterocycles. The van der Waals surface area contributed by atoms with Crippen molar-refractivity contribution in [3.05, 3.63) is 0 Å². The van der Waals surface area contributed by atoms with Crippen LogP contribution >= 0.6 is 0 Å². The standard InChI is InChI=1S/C12H23NO4S/c1-12(2,3)8-13(4)18(16,17)10-7-5-6-9(10)11(14)15/h9-10H,5-8H2,1-4H3,(H,14,15). The van der Waals surface area contributed by atoms with Crippen molar-refractivity contribution < 1.29 is 18.3 Å². The molecule has 1 N–H and O–H groups in total. The van der Waals surface area contributed by atoms with E-state index < -0.39 is 27.2 Å². The normalized spacial score (nSPS) is 25.6. The van der Waals surface area contributed by atoms with E-state index in [4.69, 9.17) is 5.11 Å². The van der Waals surface area contributed by atoms with Crippen LogP contribution in [0.4, 0.5) is 0 Å². The highest BCUT2D eigenvalue weighted by Gasteiger charge is 2.43. The first-order valence-electron chi connectivity index (χ1n) is 6.23. The first-order chi connectivity index (χ1) is 8.05. The van der Waals surface area contributed by atoms with Crippen LogP contribution in [0.3, 0.4) is 0 Å². The molecule has 1 aliphatic carbocycles. The van der Waals surface area contributed by atoms with Gasteiger partial charge in [-0.2, -0.15) is 0 Å². The van der Waals surface area contributed by atoms with Crippen molar-refractivity contribution in [3.63, 3.8) is 0 Å². The largest absolute Gasteiger partial charge is 0.481 e. The molecule has 0 radical (unpaired) electrons. The fourth-order valence-corrected chi connectivity index (χ4v) is 4.72. The van der Waals surface area contributed by atoms with Gasteiger partial charge in [-0.25, -0.2) is 12.7 Å². The fourth-order valence-electron chi connectivity index (χ4n) is 2.55. The molecule has 0 spiro atoms.